The highest BCUT2D eigenvalue weighted by Gasteiger charge is 2.37. The average Bonchev–Trinajstić information content (AvgIpc) is 3.38. The number of aryl methyl sites for hydroxylation is 1. The number of anilines is 2. The second kappa shape index (κ2) is 10.6. The first-order chi connectivity index (χ1) is 17.7. The van der Waals surface area contributed by atoms with Crippen LogP contribution in [0.15, 0.2) is 42.5 Å². The summed E-state index contributed by atoms with van der Waals surface area (Å²) in [6.07, 6.45) is -0.240. The van der Waals surface area contributed by atoms with Crippen LogP contribution in [0.25, 0.3) is 11.1 Å². The standard InChI is InChI=1S/C26H26N4O7/c1-14-5-7-15(8-6-14)22-19(13-35-2)29-30-20(24(32)28-23(22)30)12-21(31)27-18-10-16(25(33)36-3)9-17(11-18)26(34)37-4/h5-11,20H,12-13H2,1-4H3,(H,27,31)(H,28,32). The van der Waals surface area contributed by atoms with Gasteiger partial charge in [-0.25, -0.2) is 14.3 Å². The van der Waals surface area contributed by atoms with Gasteiger partial charge in [-0.15, -0.1) is 0 Å². The SMILES string of the molecule is COCc1nn2c(c1-c1ccc(C)cc1)NC(=O)C2CC(=O)Nc1cc(C(=O)OC)cc(C(=O)OC)c1. The Morgan fingerprint density at radius 3 is 2.19 bits per heavy atom. The molecule has 2 aromatic carbocycles. The summed E-state index contributed by atoms with van der Waals surface area (Å²) in [5.74, 6) is -1.79. The minimum absolute atomic E-state index is 0.0561. The zero-order valence-corrected chi connectivity index (χ0v) is 20.8. The van der Waals surface area contributed by atoms with Gasteiger partial charge in [-0.1, -0.05) is 29.8 Å². The molecular formula is C26H26N4O7. The molecular weight excluding hydrogens is 480 g/mol. The molecule has 2 heterocycles. The lowest BCUT2D eigenvalue weighted by Gasteiger charge is -2.12. The highest BCUT2D eigenvalue weighted by atomic mass is 16.5. The summed E-state index contributed by atoms with van der Waals surface area (Å²) in [5.41, 5.74) is 3.59. The lowest BCUT2D eigenvalue weighted by molar-refractivity contribution is -0.123. The molecule has 2 amide bonds. The number of benzene rings is 2. The first kappa shape index (κ1) is 25.6. The maximum atomic E-state index is 13.0. The fourth-order valence-electron chi connectivity index (χ4n) is 4.14. The number of esters is 2. The second-order valence-corrected chi connectivity index (χ2v) is 8.45. The van der Waals surface area contributed by atoms with Crippen LogP contribution in [0.4, 0.5) is 11.5 Å². The van der Waals surface area contributed by atoms with E-state index in [9.17, 15) is 19.2 Å². The Balaban J connectivity index is 1.61. The Morgan fingerprint density at radius 2 is 1.62 bits per heavy atom. The van der Waals surface area contributed by atoms with E-state index in [0.717, 1.165) is 16.7 Å². The average molecular weight is 507 g/mol. The number of nitrogens with one attached hydrogen (secondary N) is 2. The third-order valence-electron chi connectivity index (χ3n) is 5.88. The number of carbonyl (C=O) groups is 4. The molecule has 3 aromatic rings. The van der Waals surface area contributed by atoms with E-state index in [1.807, 2.05) is 31.2 Å². The van der Waals surface area contributed by atoms with Crippen LogP contribution in [0, 0.1) is 6.92 Å². The molecule has 1 unspecified atom stereocenters. The third-order valence-corrected chi connectivity index (χ3v) is 5.88. The summed E-state index contributed by atoms with van der Waals surface area (Å²) >= 11 is 0. The topological polar surface area (TPSA) is 138 Å². The van der Waals surface area contributed by atoms with Crippen LogP contribution < -0.4 is 10.6 Å². The molecule has 37 heavy (non-hydrogen) atoms. The molecule has 1 aliphatic heterocycles. The van der Waals surface area contributed by atoms with E-state index in [4.69, 9.17) is 14.2 Å². The van der Waals surface area contributed by atoms with Gasteiger partial charge in [-0.2, -0.15) is 5.10 Å². The van der Waals surface area contributed by atoms with Gasteiger partial charge in [0.1, 0.15) is 11.9 Å². The van der Waals surface area contributed by atoms with Crippen molar-refractivity contribution in [3.05, 3.63) is 64.8 Å². The predicted octanol–water partition coefficient (Wildman–Crippen LogP) is 3.10. The van der Waals surface area contributed by atoms with Crippen LogP contribution in [-0.4, -0.2) is 54.9 Å². The number of carbonyl (C=O) groups excluding carboxylic acids is 4. The number of hydrogen-bond acceptors (Lipinski definition) is 8. The molecule has 1 aromatic heterocycles. The number of hydrogen-bond donors (Lipinski definition) is 2. The lowest BCUT2D eigenvalue weighted by atomic mass is 10.0. The Labute approximate surface area is 212 Å². The number of amides is 2. The molecule has 0 fully saturated rings. The molecule has 2 N–H and O–H groups in total. The molecule has 11 nitrogen and oxygen atoms in total. The van der Waals surface area contributed by atoms with E-state index in [2.05, 4.69) is 15.7 Å². The molecule has 0 bridgehead atoms. The van der Waals surface area contributed by atoms with Crippen molar-refractivity contribution in [2.75, 3.05) is 32.0 Å². The molecule has 0 saturated carbocycles. The molecule has 192 valence electrons. The van der Waals surface area contributed by atoms with E-state index in [1.165, 1.54) is 37.1 Å². The Bertz CT molecular complexity index is 1340. The maximum absolute atomic E-state index is 13.0. The summed E-state index contributed by atoms with van der Waals surface area (Å²) in [6.45, 7) is 2.20. The number of aromatic nitrogens is 2. The van der Waals surface area contributed by atoms with E-state index in [0.29, 0.717) is 11.5 Å². The monoisotopic (exact) mass is 506 g/mol. The van der Waals surface area contributed by atoms with Crippen molar-refractivity contribution in [2.45, 2.75) is 26.0 Å². The van der Waals surface area contributed by atoms with E-state index < -0.39 is 23.9 Å². The molecule has 0 aliphatic carbocycles. The molecule has 4 rings (SSSR count). The largest absolute Gasteiger partial charge is 0.465 e. The van der Waals surface area contributed by atoms with E-state index in [1.54, 1.807) is 7.11 Å². The summed E-state index contributed by atoms with van der Waals surface area (Å²) in [6, 6.07) is 10.9. The highest BCUT2D eigenvalue weighted by molar-refractivity contribution is 6.05. The first-order valence-electron chi connectivity index (χ1n) is 11.4. The smallest absolute Gasteiger partial charge is 0.337 e. The van der Waals surface area contributed by atoms with Crippen LogP contribution in [-0.2, 0) is 30.4 Å². The number of nitrogens with zero attached hydrogens (tertiary/aromatic N) is 2. The van der Waals surface area contributed by atoms with Crippen molar-refractivity contribution in [1.82, 2.24) is 9.78 Å². The van der Waals surface area contributed by atoms with E-state index >= 15 is 0 Å². The van der Waals surface area contributed by atoms with Gasteiger partial charge in [0.2, 0.25) is 5.91 Å². The van der Waals surface area contributed by atoms with Crippen LogP contribution in [0.3, 0.4) is 0 Å². The minimum Gasteiger partial charge on any atom is -0.465 e. The van der Waals surface area contributed by atoms with Crippen molar-refractivity contribution in [3.8, 4) is 11.1 Å². The van der Waals surface area contributed by atoms with Crippen LogP contribution in [0.1, 0.15) is 44.4 Å². The normalized spacial score (nSPS) is 14.1. The van der Waals surface area contributed by atoms with Crippen LogP contribution >= 0.6 is 0 Å². The molecule has 1 atom stereocenters. The van der Waals surface area contributed by atoms with Gasteiger partial charge in [-0.3, -0.25) is 9.59 Å². The quantitative estimate of drug-likeness (QED) is 0.445. The van der Waals surface area contributed by atoms with Gasteiger partial charge in [0, 0.05) is 18.4 Å². The molecule has 0 saturated heterocycles. The van der Waals surface area contributed by atoms with E-state index in [-0.39, 0.29) is 35.7 Å². The van der Waals surface area contributed by atoms with Crippen molar-refractivity contribution in [2.24, 2.45) is 0 Å². The van der Waals surface area contributed by atoms with Crippen molar-refractivity contribution in [3.63, 3.8) is 0 Å². The van der Waals surface area contributed by atoms with Crippen LogP contribution in [0.2, 0.25) is 0 Å². The minimum atomic E-state index is -0.909. The number of ether oxygens (including phenoxy) is 3. The van der Waals surface area contributed by atoms with Gasteiger partial charge in [0.05, 0.1) is 44.1 Å². The van der Waals surface area contributed by atoms with Gasteiger partial charge < -0.3 is 24.8 Å². The van der Waals surface area contributed by atoms with Crippen molar-refractivity contribution < 1.29 is 33.4 Å². The fourth-order valence-corrected chi connectivity index (χ4v) is 4.14. The van der Waals surface area contributed by atoms with Crippen LogP contribution in [0.5, 0.6) is 0 Å². The number of rotatable bonds is 8. The summed E-state index contributed by atoms with van der Waals surface area (Å²) in [7, 11) is 3.96. The van der Waals surface area contributed by atoms with Gasteiger partial charge in [-0.05, 0) is 30.7 Å². The zero-order chi connectivity index (χ0) is 26.7. The molecule has 11 heteroatoms. The van der Waals surface area contributed by atoms with Crippen molar-refractivity contribution >= 4 is 35.3 Å². The van der Waals surface area contributed by atoms with Crippen molar-refractivity contribution in [1.29, 1.82) is 0 Å². The Kier molecular flexibility index (Phi) is 7.35. The predicted molar refractivity (Wildman–Crippen MR) is 133 cm³/mol. The maximum Gasteiger partial charge on any atom is 0.337 e. The fraction of sp³-hybridized carbons (Fsp3) is 0.269. The molecule has 0 spiro atoms. The molecule has 1 aliphatic rings. The summed E-state index contributed by atoms with van der Waals surface area (Å²) < 4.78 is 16.3. The van der Waals surface area contributed by atoms with Gasteiger partial charge >= 0.3 is 11.9 Å². The third kappa shape index (κ3) is 5.21. The number of methoxy groups -OCH3 is 3. The van der Waals surface area contributed by atoms with Gasteiger partial charge in [0.15, 0.2) is 0 Å². The second-order valence-electron chi connectivity index (χ2n) is 8.45. The Hall–Kier alpha value is -4.51. The first-order valence-corrected chi connectivity index (χ1v) is 11.4. The zero-order valence-electron chi connectivity index (χ0n) is 20.8. The molecule has 0 radical (unpaired) electrons. The summed E-state index contributed by atoms with van der Waals surface area (Å²) in [5, 5.41) is 10.1. The number of fused-ring (bicyclic) bond motifs is 1. The summed E-state index contributed by atoms with van der Waals surface area (Å²) in [4.78, 5) is 49.9. The van der Waals surface area contributed by atoms with Gasteiger partial charge in [0.25, 0.3) is 5.91 Å². The lowest BCUT2D eigenvalue weighted by Crippen LogP contribution is -2.24. The highest BCUT2D eigenvalue weighted by Crippen LogP contribution is 2.39. The Morgan fingerprint density at radius 1 is 1.00 bits per heavy atom.